The molecule has 152 valence electrons. The molecule has 0 fully saturated rings. The van der Waals surface area contributed by atoms with Crippen molar-refractivity contribution in [1.82, 2.24) is 14.8 Å². The van der Waals surface area contributed by atoms with E-state index in [-0.39, 0.29) is 11.6 Å². The van der Waals surface area contributed by atoms with Crippen LogP contribution < -0.4 is 5.32 Å². The molecule has 8 heteroatoms. The highest BCUT2D eigenvalue weighted by Crippen LogP contribution is 2.42. The Balaban J connectivity index is 1.51. The standard InChI is InChI=1S/C22H18ClFN4OS/c23-16-5-2-1-4-15(16)20-19-17(6-3-7-18(19)29)25-21-26-22(27-28(20)21)30-12-13-8-10-14(24)11-9-13/h1-2,4-5,8-11,20H,3,6-7,12H2,(H,25,26,27)/t20-/m1/s1. The number of allylic oxidation sites excluding steroid dienone is 2. The van der Waals surface area contributed by atoms with Gasteiger partial charge >= 0.3 is 0 Å². The van der Waals surface area contributed by atoms with E-state index in [0.717, 1.165) is 35.2 Å². The summed E-state index contributed by atoms with van der Waals surface area (Å²) >= 11 is 7.98. The first-order chi connectivity index (χ1) is 14.6. The normalized spacial score (nSPS) is 18.1. The quantitative estimate of drug-likeness (QED) is 0.551. The molecule has 0 saturated carbocycles. The molecule has 1 N–H and O–H groups in total. The SMILES string of the molecule is O=C1CCCC2=C1[C@@H](c1ccccc1Cl)n1nc(SCc3ccc(F)cc3)nc1N2. The monoisotopic (exact) mass is 440 g/mol. The van der Waals surface area contributed by atoms with Crippen LogP contribution >= 0.6 is 23.4 Å². The number of fused-ring (bicyclic) bond motifs is 1. The van der Waals surface area contributed by atoms with Crippen molar-refractivity contribution in [3.05, 3.63) is 81.8 Å². The Morgan fingerprint density at radius 1 is 1.17 bits per heavy atom. The number of carbonyl (C=O) groups is 1. The van der Waals surface area contributed by atoms with Crippen LogP contribution in [0, 0.1) is 5.82 Å². The Bertz CT molecular complexity index is 1160. The van der Waals surface area contributed by atoms with Crippen molar-refractivity contribution in [1.29, 1.82) is 0 Å². The van der Waals surface area contributed by atoms with E-state index < -0.39 is 6.04 Å². The minimum absolute atomic E-state index is 0.121. The van der Waals surface area contributed by atoms with Gasteiger partial charge in [0.25, 0.3) is 0 Å². The van der Waals surface area contributed by atoms with E-state index in [0.29, 0.717) is 28.3 Å². The summed E-state index contributed by atoms with van der Waals surface area (Å²) in [5.74, 6) is 1.09. The maximum atomic E-state index is 13.1. The lowest BCUT2D eigenvalue weighted by atomic mass is 9.85. The summed E-state index contributed by atoms with van der Waals surface area (Å²) < 4.78 is 14.9. The molecule has 2 aliphatic rings. The van der Waals surface area contributed by atoms with Gasteiger partial charge in [-0.1, -0.05) is 53.7 Å². The second kappa shape index (κ2) is 7.89. The summed E-state index contributed by atoms with van der Waals surface area (Å²) in [5, 5.41) is 9.19. The maximum Gasteiger partial charge on any atom is 0.227 e. The second-order valence-electron chi connectivity index (χ2n) is 7.30. The number of nitrogens with zero attached hydrogens (tertiary/aromatic N) is 3. The predicted octanol–water partition coefficient (Wildman–Crippen LogP) is 5.38. The molecule has 5 nitrogen and oxygen atoms in total. The number of thioether (sulfide) groups is 1. The van der Waals surface area contributed by atoms with Crippen LogP contribution in [0.2, 0.25) is 5.02 Å². The van der Waals surface area contributed by atoms with Gasteiger partial charge in [0.05, 0.1) is 0 Å². The number of hydrogen-bond acceptors (Lipinski definition) is 5. The van der Waals surface area contributed by atoms with Gasteiger partial charge in [0.1, 0.15) is 11.9 Å². The number of hydrogen-bond donors (Lipinski definition) is 1. The zero-order valence-corrected chi connectivity index (χ0v) is 17.5. The zero-order valence-electron chi connectivity index (χ0n) is 15.9. The Hall–Kier alpha value is -2.64. The molecular weight excluding hydrogens is 423 g/mol. The number of aromatic nitrogens is 3. The first-order valence-electron chi connectivity index (χ1n) is 9.71. The molecule has 0 bridgehead atoms. The highest BCUT2D eigenvalue weighted by atomic mass is 35.5. The highest BCUT2D eigenvalue weighted by Gasteiger charge is 2.37. The number of halogens is 2. The molecule has 5 rings (SSSR count). The van der Waals surface area contributed by atoms with Gasteiger partial charge in [-0.3, -0.25) is 4.79 Å². The van der Waals surface area contributed by atoms with Gasteiger partial charge in [0.15, 0.2) is 5.78 Å². The Morgan fingerprint density at radius 2 is 1.97 bits per heavy atom. The number of benzene rings is 2. The molecule has 1 aliphatic carbocycles. The number of Topliss-reactive ketones (excluding diaryl/α,β-unsaturated/α-hetero) is 1. The van der Waals surface area contributed by atoms with E-state index in [2.05, 4.69) is 10.3 Å². The topological polar surface area (TPSA) is 59.8 Å². The van der Waals surface area contributed by atoms with Crippen molar-refractivity contribution in [3.63, 3.8) is 0 Å². The average Bonchev–Trinajstić information content (AvgIpc) is 3.15. The van der Waals surface area contributed by atoms with Gasteiger partial charge in [0, 0.05) is 34.0 Å². The molecule has 30 heavy (non-hydrogen) atoms. The van der Waals surface area contributed by atoms with Gasteiger partial charge in [-0.05, 0) is 36.6 Å². The van der Waals surface area contributed by atoms with Gasteiger partial charge in [-0.25, -0.2) is 9.07 Å². The summed E-state index contributed by atoms with van der Waals surface area (Å²) in [6.45, 7) is 0. The van der Waals surface area contributed by atoms with Crippen molar-refractivity contribution in [2.45, 2.75) is 36.2 Å². The van der Waals surface area contributed by atoms with Gasteiger partial charge in [0.2, 0.25) is 11.1 Å². The number of nitrogens with one attached hydrogen (secondary N) is 1. The average molecular weight is 441 g/mol. The summed E-state index contributed by atoms with van der Waals surface area (Å²) in [7, 11) is 0. The first kappa shape index (κ1) is 19.3. The Labute approximate surface area is 182 Å². The minimum atomic E-state index is -0.398. The van der Waals surface area contributed by atoms with E-state index >= 15 is 0 Å². The summed E-state index contributed by atoms with van der Waals surface area (Å²) in [6, 6.07) is 13.5. The number of rotatable bonds is 4. The number of anilines is 1. The molecule has 0 unspecified atom stereocenters. The van der Waals surface area contributed by atoms with Crippen LogP contribution in [0.15, 0.2) is 65.0 Å². The van der Waals surface area contributed by atoms with Crippen LogP contribution in [0.5, 0.6) is 0 Å². The van der Waals surface area contributed by atoms with Crippen LogP contribution in [0.25, 0.3) is 0 Å². The number of carbonyl (C=O) groups excluding carboxylic acids is 1. The van der Waals surface area contributed by atoms with E-state index in [4.69, 9.17) is 16.7 Å². The maximum absolute atomic E-state index is 13.1. The smallest absolute Gasteiger partial charge is 0.227 e. The zero-order chi connectivity index (χ0) is 20.7. The van der Waals surface area contributed by atoms with Crippen molar-refractivity contribution in [3.8, 4) is 0 Å². The fourth-order valence-electron chi connectivity index (χ4n) is 3.91. The van der Waals surface area contributed by atoms with Crippen molar-refractivity contribution in [2.75, 3.05) is 5.32 Å². The molecule has 0 saturated heterocycles. The third kappa shape index (κ3) is 3.52. The summed E-state index contributed by atoms with van der Waals surface area (Å²) in [5.41, 5.74) is 3.45. The van der Waals surface area contributed by atoms with Crippen LogP contribution in [-0.4, -0.2) is 20.5 Å². The van der Waals surface area contributed by atoms with E-state index in [1.807, 2.05) is 24.3 Å². The van der Waals surface area contributed by atoms with Gasteiger partial charge in [-0.15, -0.1) is 5.10 Å². The molecule has 3 aromatic rings. The molecule has 2 heterocycles. The summed E-state index contributed by atoms with van der Waals surface area (Å²) in [4.78, 5) is 17.5. The Kier molecular flexibility index (Phi) is 5.08. The van der Waals surface area contributed by atoms with Crippen molar-refractivity contribution in [2.24, 2.45) is 0 Å². The fraction of sp³-hybridized carbons (Fsp3) is 0.227. The van der Waals surface area contributed by atoms with Crippen LogP contribution in [0.4, 0.5) is 10.3 Å². The molecule has 1 atom stereocenters. The van der Waals surface area contributed by atoms with Gasteiger partial charge in [-0.2, -0.15) is 4.98 Å². The third-order valence-electron chi connectivity index (χ3n) is 5.33. The lowest BCUT2D eigenvalue weighted by Crippen LogP contribution is -2.31. The Morgan fingerprint density at radius 3 is 2.77 bits per heavy atom. The molecule has 1 aromatic heterocycles. The largest absolute Gasteiger partial charge is 0.328 e. The first-order valence-corrected chi connectivity index (χ1v) is 11.1. The summed E-state index contributed by atoms with van der Waals surface area (Å²) in [6.07, 6.45) is 2.14. The van der Waals surface area contributed by atoms with E-state index in [1.165, 1.54) is 23.9 Å². The van der Waals surface area contributed by atoms with Crippen LogP contribution in [0.1, 0.15) is 36.4 Å². The van der Waals surface area contributed by atoms with Crippen LogP contribution in [-0.2, 0) is 10.5 Å². The van der Waals surface area contributed by atoms with E-state index in [9.17, 15) is 9.18 Å². The minimum Gasteiger partial charge on any atom is -0.328 e. The lowest BCUT2D eigenvalue weighted by Gasteiger charge is -2.32. The van der Waals surface area contributed by atoms with E-state index in [1.54, 1.807) is 16.8 Å². The van der Waals surface area contributed by atoms with Crippen LogP contribution in [0.3, 0.4) is 0 Å². The van der Waals surface area contributed by atoms with Crippen molar-refractivity contribution < 1.29 is 9.18 Å². The lowest BCUT2D eigenvalue weighted by molar-refractivity contribution is -0.116. The fourth-order valence-corrected chi connectivity index (χ4v) is 4.93. The highest BCUT2D eigenvalue weighted by molar-refractivity contribution is 7.98. The molecule has 0 amide bonds. The molecular formula is C22H18ClFN4OS. The van der Waals surface area contributed by atoms with Crippen molar-refractivity contribution >= 4 is 35.1 Å². The predicted molar refractivity (Wildman–Crippen MR) is 115 cm³/mol. The molecule has 0 radical (unpaired) electrons. The molecule has 0 spiro atoms. The van der Waals surface area contributed by atoms with Gasteiger partial charge < -0.3 is 5.32 Å². The molecule has 1 aliphatic heterocycles. The molecule has 2 aromatic carbocycles. The second-order valence-corrected chi connectivity index (χ2v) is 8.65. The third-order valence-corrected chi connectivity index (χ3v) is 6.58. The number of ketones is 1.